The van der Waals surface area contributed by atoms with Crippen molar-refractivity contribution in [3.8, 4) is 11.6 Å². The van der Waals surface area contributed by atoms with E-state index in [1.165, 1.54) is 11.3 Å². The molecule has 0 radical (unpaired) electrons. The van der Waals surface area contributed by atoms with Crippen molar-refractivity contribution in [1.29, 1.82) is 0 Å². The summed E-state index contributed by atoms with van der Waals surface area (Å²) < 4.78 is 28.1. The monoisotopic (exact) mass is 314 g/mol. The number of rotatable bonds is 3. The molecule has 2 atom stereocenters. The fourth-order valence-corrected chi connectivity index (χ4v) is 4.59. The first-order valence-corrected chi connectivity index (χ1v) is 8.90. The van der Waals surface area contributed by atoms with Crippen LogP contribution in [0.15, 0.2) is 9.90 Å². The van der Waals surface area contributed by atoms with Gasteiger partial charge in [0, 0.05) is 11.3 Å². The Bertz CT molecular complexity index is 720. The highest BCUT2D eigenvalue weighted by atomic mass is 32.2. The molecule has 108 valence electrons. The number of nitrogens with zero attached hydrogens (tertiary/aromatic N) is 3. The lowest BCUT2D eigenvalue weighted by Gasteiger charge is -1.98. The number of aromatic nitrogens is 3. The molecule has 1 aliphatic rings. The second-order valence-electron chi connectivity index (χ2n) is 4.92. The van der Waals surface area contributed by atoms with Crippen LogP contribution in [-0.2, 0) is 9.84 Å². The van der Waals surface area contributed by atoms with Crippen LogP contribution in [0.5, 0.6) is 0 Å². The summed E-state index contributed by atoms with van der Waals surface area (Å²) in [5.74, 6) is 0.856. The van der Waals surface area contributed by atoms with Gasteiger partial charge in [-0.2, -0.15) is 4.98 Å². The van der Waals surface area contributed by atoms with Gasteiger partial charge in [-0.15, -0.1) is 11.3 Å². The van der Waals surface area contributed by atoms with Gasteiger partial charge < -0.3 is 10.3 Å². The minimum absolute atomic E-state index is 0.0914. The van der Waals surface area contributed by atoms with Gasteiger partial charge in [-0.05, 0) is 13.3 Å². The molecule has 2 aromatic heterocycles. The number of nitrogens with two attached hydrogens (primary N) is 1. The molecule has 1 aliphatic heterocycles. The molecule has 2 aromatic rings. The van der Waals surface area contributed by atoms with Gasteiger partial charge in [0.15, 0.2) is 15.7 Å². The number of thiazole rings is 1. The van der Waals surface area contributed by atoms with E-state index in [-0.39, 0.29) is 23.5 Å². The van der Waals surface area contributed by atoms with Gasteiger partial charge in [0.2, 0.25) is 0 Å². The Morgan fingerprint density at radius 2 is 2.30 bits per heavy atom. The Labute approximate surface area is 120 Å². The van der Waals surface area contributed by atoms with Crippen molar-refractivity contribution in [2.75, 3.05) is 11.5 Å². The highest BCUT2D eigenvalue weighted by Crippen LogP contribution is 2.29. The first kappa shape index (κ1) is 13.7. The summed E-state index contributed by atoms with van der Waals surface area (Å²) in [7, 11) is -2.96. The van der Waals surface area contributed by atoms with Gasteiger partial charge >= 0.3 is 0 Å². The Morgan fingerprint density at radius 1 is 1.50 bits per heavy atom. The van der Waals surface area contributed by atoms with E-state index in [0.29, 0.717) is 23.8 Å². The lowest BCUT2D eigenvalue weighted by Crippen LogP contribution is -2.05. The third-order valence-corrected chi connectivity index (χ3v) is 5.98. The van der Waals surface area contributed by atoms with Crippen LogP contribution in [0.2, 0.25) is 0 Å². The van der Waals surface area contributed by atoms with E-state index in [1.54, 1.807) is 5.38 Å². The maximum absolute atomic E-state index is 11.5. The van der Waals surface area contributed by atoms with Crippen LogP contribution in [0.3, 0.4) is 0 Å². The Hall–Kier alpha value is -1.32. The predicted molar refractivity (Wildman–Crippen MR) is 74.0 cm³/mol. The van der Waals surface area contributed by atoms with Crippen LogP contribution in [0.1, 0.15) is 36.1 Å². The van der Waals surface area contributed by atoms with Crippen LogP contribution in [0.25, 0.3) is 11.6 Å². The van der Waals surface area contributed by atoms with Crippen molar-refractivity contribution >= 4 is 21.2 Å². The molecule has 0 aromatic carbocycles. The topological polar surface area (TPSA) is 112 Å². The summed E-state index contributed by atoms with van der Waals surface area (Å²) in [6.07, 6.45) is 0.545. The van der Waals surface area contributed by atoms with Crippen LogP contribution >= 0.6 is 11.3 Å². The molecule has 20 heavy (non-hydrogen) atoms. The number of hydrogen-bond donors (Lipinski definition) is 1. The van der Waals surface area contributed by atoms with Gasteiger partial charge in [-0.25, -0.2) is 13.4 Å². The summed E-state index contributed by atoms with van der Waals surface area (Å²) in [6.45, 7) is 1.85. The highest BCUT2D eigenvalue weighted by Gasteiger charge is 2.32. The van der Waals surface area contributed by atoms with E-state index < -0.39 is 9.84 Å². The van der Waals surface area contributed by atoms with Crippen molar-refractivity contribution in [3.63, 3.8) is 0 Å². The van der Waals surface area contributed by atoms with E-state index in [1.807, 2.05) is 6.92 Å². The van der Waals surface area contributed by atoms with Gasteiger partial charge in [-0.3, -0.25) is 0 Å². The first-order valence-electron chi connectivity index (χ1n) is 6.20. The zero-order valence-corrected chi connectivity index (χ0v) is 12.4. The molecule has 1 saturated heterocycles. The van der Waals surface area contributed by atoms with Crippen LogP contribution in [0.4, 0.5) is 0 Å². The molecular formula is C11H14N4O3S2. The summed E-state index contributed by atoms with van der Waals surface area (Å²) >= 11 is 1.43. The highest BCUT2D eigenvalue weighted by molar-refractivity contribution is 7.91. The summed E-state index contributed by atoms with van der Waals surface area (Å²) in [5.41, 5.74) is 6.34. The third-order valence-electron chi connectivity index (χ3n) is 3.17. The maximum atomic E-state index is 11.5. The molecule has 0 bridgehead atoms. The molecule has 0 aliphatic carbocycles. The van der Waals surface area contributed by atoms with Gasteiger partial charge in [-0.1, -0.05) is 5.16 Å². The minimum Gasteiger partial charge on any atom is -0.332 e. The summed E-state index contributed by atoms with van der Waals surface area (Å²) in [6, 6.07) is -0.142. The normalized spacial score (nSPS) is 23.0. The predicted octanol–water partition coefficient (Wildman–Crippen LogP) is 1.11. The molecule has 0 saturated carbocycles. The first-order chi connectivity index (χ1) is 9.44. The molecule has 1 fully saturated rings. The van der Waals surface area contributed by atoms with Crippen molar-refractivity contribution in [1.82, 2.24) is 15.1 Å². The maximum Gasteiger partial charge on any atom is 0.277 e. The zero-order chi connectivity index (χ0) is 14.3. The zero-order valence-electron chi connectivity index (χ0n) is 10.8. The summed E-state index contributed by atoms with van der Waals surface area (Å²) in [5, 5.41) is 6.48. The van der Waals surface area contributed by atoms with Gasteiger partial charge in [0.25, 0.3) is 5.89 Å². The smallest absolute Gasteiger partial charge is 0.277 e. The SMILES string of the molecule is CC(N)c1nc(-c2nc(C3CCS(=O)(=O)C3)no2)cs1. The minimum atomic E-state index is -2.96. The molecule has 3 heterocycles. The lowest BCUT2D eigenvalue weighted by molar-refractivity contribution is 0.417. The van der Waals surface area contributed by atoms with Crippen molar-refractivity contribution in [2.45, 2.75) is 25.3 Å². The number of sulfone groups is 1. The quantitative estimate of drug-likeness (QED) is 0.903. The molecular weight excluding hydrogens is 300 g/mol. The molecule has 3 rings (SSSR count). The van der Waals surface area contributed by atoms with E-state index in [4.69, 9.17) is 10.3 Å². The van der Waals surface area contributed by atoms with Crippen LogP contribution < -0.4 is 5.73 Å². The standard InChI is InChI=1S/C11H14N4O3S2/c1-6(12)11-13-8(4-19-11)10-14-9(15-18-10)7-2-3-20(16,17)5-7/h4,6-7H,2-3,5,12H2,1H3. The fraction of sp³-hybridized carbons (Fsp3) is 0.545. The van der Waals surface area contributed by atoms with Crippen LogP contribution in [-0.4, -0.2) is 35.0 Å². The van der Waals surface area contributed by atoms with Crippen LogP contribution in [0, 0.1) is 0 Å². The molecule has 2 unspecified atom stereocenters. The second-order valence-corrected chi connectivity index (χ2v) is 8.04. The van der Waals surface area contributed by atoms with E-state index in [2.05, 4.69) is 15.1 Å². The third kappa shape index (κ3) is 2.60. The van der Waals surface area contributed by atoms with Gasteiger partial charge in [0.1, 0.15) is 10.7 Å². The largest absolute Gasteiger partial charge is 0.332 e. The summed E-state index contributed by atoms with van der Waals surface area (Å²) in [4.78, 5) is 8.59. The Morgan fingerprint density at radius 3 is 2.90 bits per heavy atom. The molecule has 9 heteroatoms. The van der Waals surface area contributed by atoms with Crippen molar-refractivity contribution < 1.29 is 12.9 Å². The van der Waals surface area contributed by atoms with E-state index in [9.17, 15) is 8.42 Å². The van der Waals surface area contributed by atoms with Crippen molar-refractivity contribution in [2.24, 2.45) is 5.73 Å². The lowest BCUT2D eigenvalue weighted by atomic mass is 10.1. The second kappa shape index (κ2) is 4.90. The fourth-order valence-electron chi connectivity index (χ4n) is 2.10. The molecule has 7 nitrogen and oxygen atoms in total. The van der Waals surface area contributed by atoms with Crippen molar-refractivity contribution in [3.05, 3.63) is 16.2 Å². The molecule has 0 spiro atoms. The molecule has 0 amide bonds. The van der Waals surface area contributed by atoms with E-state index in [0.717, 1.165) is 5.01 Å². The molecule has 2 N–H and O–H groups in total. The number of hydrogen-bond acceptors (Lipinski definition) is 8. The Kier molecular flexibility index (Phi) is 3.35. The van der Waals surface area contributed by atoms with Gasteiger partial charge in [0.05, 0.1) is 17.5 Å². The van der Waals surface area contributed by atoms with E-state index >= 15 is 0 Å². The average Bonchev–Trinajstić information content (AvgIpc) is 3.04. The average molecular weight is 314 g/mol. The Balaban J connectivity index is 1.83.